The number of pyridine rings is 1. The van der Waals surface area contributed by atoms with E-state index in [2.05, 4.69) is 34.3 Å². The Kier molecular flexibility index (Phi) is 5.94. The lowest BCUT2D eigenvalue weighted by molar-refractivity contribution is 0.0736. The molecule has 3 heterocycles. The van der Waals surface area contributed by atoms with Crippen LogP contribution in [-0.4, -0.2) is 51.9 Å². The van der Waals surface area contributed by atoms with Crippen molar-refractivity contribution in [3.05, 3.63) is 96.1 Å². The molecule has 0 saturated carbocycles. The summed E-state index contributed by atoms with van der Waals surface area (Å²) in [5.74, 6) is 0.295. The summed E-state index contributed by atoms with van der Waals surface area (Å²) in [6, 6.07) is 18.1. The summed E-state index contributed by atoms with van der Waals surface area (Å²) < 4.78 is 7.75. The van der Waals surface area contributed by atoms with E-state index in [1.807, 2.05) is 58.5 Å². The first kappa shape index (κ1) is 20.4. The van der Waals surface area contributed by atoms with Crippen LogP contribution in [0.1, 0.15) is 21.5 Å². The number of rotatable bonds is 5. The van der Waals surface area contributed by atoms with Crippen LogP contribution < -0.4 is 0 Å². The molecule has 1 fully saturated rings. The van der Waals surface area contributed by atoms with E-state index < -0.39 is 0 Å². The first-order valence-corrected chi connectivity index (χ1v) is 11.0. The molecule has 1 aliphatic rings. The van der Waals surface area contributed by atoms with Gasteiger partial charge in [-0.05, 0) is 41.1 Å². The van der Waals surface area contributed by atoms with Gasteiger partial charge in [0.1, 0.15) is 0 Å². The molecule has 5 rings (SSSR count). The number of ether oxygens (including phenoxy) is 1. The number of hydrogen-bond donors (Lipinski definition) is 0. The zero-order valence-electron chi connectivity index (χ0n) is 17.9. The van der Waals surface area contributed by atoms with E-state index in [4.69, 9.17) is 4.74 Å². The molecule has 0 spiro atoms. The molecule has 162 valence electrons. The van der Waals surface area contributed by atoms with Gasteiger partial charge in [-0.15, -0.1) is 0 Å². The van der Waals surface area contributed by atoms with E-state index in [1.54, 1.807) is 6.20 Å². The first-order valence-electron chi connectivity index (χ1n) is 11.0. The number of benzene rings is 2. The second-order valence-corrected chi connectivity index (χ2v) is 8.27. The van der Waals surface area contributed by atoms with E-state index in [9.17, 15) is 4.79 Å². The van der Waals surface area contributed by atoms with Gasteiger partial charge in [0, 0.05) is 54.7 Å². The van der Waals surface area contributed by atoms with Crippen molar-refractivity contribution < 1.29 is 9.53 Å². The summed E-state index contributed by atoms with van der Waals surface area (Å²) in [4.78, 5) is 19.7. The molecule has 2 aromatic carbocycles. The third-order valence-corrected chi connectivity index (χ3v) is 6.04. The molecular weight excluding hydrogens is 400 g/mol. The van der Waals surface area contributed by atoms with Crippen LogP contribution in [0.4, 0.5) is 0 Å². The van der Waals surface area contributed by atoms with Crippen molar-refractivity contribution in [1.82, 2.24) is 19.7 Å². The summed E-state index contributed by atoms with van der Waals surface area (Å²) in [5, 5.41) is 6.65. The number of carbonyl (C=O) groups excluding carboxylic acids is 1. The van der Waals surface area contributed by atoms with Crippen molar-refractivity contribution in [3.8, 4) is 0 Å². The molecule has 1 amide bonds. The van der Waals surface area contributed by atoms with Crippen LogP contribution in [0.5, 0.6) is 0 Å². The maximum atomic E-state index is 13.5. The maximum Gasteiger partial charge on any atom is 0.254 e. The van der Waals surface area contributed by atoms with E-state index in [1.165, 1.54) is 10.9 Å². The highest BCUT2D eigenvalue weighted by Crippen LogP contribution is 2.23. The van der Waals surface area contributed by atoms with Crippen molar-refractivity contribution in [1.29, 1.82) is 0 Å². The molecule has 6 heteroatoms. The largest absolute Gasteiger partial charge is 0.379 e. The van der Waals surface area contributed by atoms with Gasteiger partial charge in [0.2, 0.25) is 0 Å². The monoisotopic (exact) mass is 426 g/mol. The van der Waals surface area contributed by atoms with Crippen molar-refractivity contribution in [2.24, 2.45) is 5.92 Å². The van der Waals surface area contributed by atoms with Crippen LogP contribution in [0.25, 0.3) is 10.8 Å². The third-order valence-electron chi connectivity index (χ3n) is 6.04. The Morgan fingerprint density at radius 1 is 1.03 bits per heavy atom. The normalized spacial score (nSPS) is 16.8. The number of carbonyl (C=O) groups is 1. The van der Waals surface area contributed by atoms with Gasteiger partial charge < -0.3 is 9.64 Å². The van der Waals surface area contributed by atoms with E-state index in [0.29, 0.717) is 32.8 Å². The molecule has 0 bridgehead atoms. The summed E-state index contributed by atoms with van der Waals surface area (Å²) in [6.45, 7) is 3.07. The summed E-state index contributed by atoms with van der Waals surface area (Å²) >= 11 is 0. The molecule has 1 aliphatic heterocycles. The topological polar surface area (TPSA) is 60.2 Å². The van der Waals surface area contributed by atoms with Crippen LogP contribution in [0.2, 0.25) is 0 Å². The summed E-state index contributed by atoms with van der Waals surface area (Å²) in [7, 11) is 0. The molecule has 4 aromatic rings. The molecule has 2 aromatic heterocycles. The minimum atomic E-state index is 0.0605. The molecule has 6 nitrogen and oxygen atoms in total. The quantitative estimate of drug-likeness (QED) is 0.487. The van der Waals surface area contributed by atoms with Crippen molar-refractivity contribution >= 4 is 16.7 Å². The molecule has 0 aliphatic carbocycles. The van der Waals surface area contributed by atoms with Gasteiger partial charge in [0.05, 0.1) is 19.8 Å². The molecule has 1 unspecified atom stereocenters. The molecule has 0 N–H and O–H groups in total. The Morgan fingerprint density at radius 2 is 1.94 bits per heavy atom. The van der Waals surface area contributed by atoms with Gasteiger partial charge in [-0.1, -0.05) is 36.4 Å². The Balaban J connectivity index is 1.36. The molecule has 0 radical (unpaired) electrons. The smallest absolute Gasteiger partial charge is 0.254 e. The molecular formula is C26H26N4O2. The highest BCUT2D eigenvalue weighted by atomic mass is 16.5. The maximum absolute atomic E-state index is 13.5. The van der Waals surface area contributed by atoms with Crippen LogP contribution in [0, 0.1) is 5.92 Å². The van der Waals surface area contributed by atoms with Crippen molar-refractivity contribution in [3.63, 3.8) is 0 Å². The highest BCUT2D eigenvalue weighted by molar-refractivity contribution is 5.95. The first-order chi connectivity index (χ1) is 15.8. The van der Waals surface area contributed by atoms with E-state index in [-0.39, 0.29) is 11.8 Å². The minimum Gasteiger partial charge on any atom is -0.379 e. The predicted octanol–water partition coefficient (Wildman–Crippen LogP) is 3.81. The SMILES string of the molecule is O=C(c1ccccc1Cn1cccn1)N1CCOCC(Cc2cccc3cnccc23)C1. The fourth-order valence-corrected chi connectivity index (χ4v) is 4.47. The second-order valence-electron chi connectivity index (χ2n) is 8.27. The van der Waals surface area contributed by atoms with Crippen molar-refractivity contribution in [2.45, 2.75) is 13.0 Å². The van der Waals surface area contributed by atoms with Crippen LogP contribution in [-0.2, 0) is 17.7 Å². The van der Waals surface area contributed by atoms with Gasteiger partial charge in [-0.3, -0.25) is 14.5 Å². The summed E-state index contributed by atoms with van der Waals surface area (Å²) in [5.41, 5.74) is 2.98. The van der Waals surface area contributed by atoms with E-state index >= 15 is 0 Å². The standard InChI is InChI=1S/C26H26N4O2/c31-26(25-8-2-1-5-23(25)18-30-12-4-10-28-30)29-13-14-32-19-20(17-29)15-21-6-3-7-22-16-27-11-9-24(21)22/h1-12,16,20H,13-15,17-19H2. The third kappa shape index (κ3) is 4.41. The second kappa shape index (κ2) is 9.32. The van der Waals surface area contributed by atoms with Crippen LogP contribution >= 0.6 is 0 Å². The van der Waals surface area contributed by atoms with Gasteiger partial charge in [-0.25, -0.2) is 0 Å². The lowest BCUT2D eigenvalue weighted by atomic mass is 9.95. The van der Waals surface area contributed by atoms with Crippen molar-refractivity contribution in [2.75, 3.05) is 26.3 Å². The Morgan fingerprint density at radius 3 is 2.84 bits per heavy atom. The van der Waals surface area contributed by atoms with Crippen LogP contribution in [0.3, 0.4) is 0 Å². The fourth-order valence-electron chi connectivity index (χ4n) is 4.47. The molecule has 1 atom stereocenters. The average molecular weight is 427 g/mol. The highest BCUT2D eigenvalue weighted by Gasteiger charge is 2.25. The Labute approximate surface area is 187 Å². The van der Waals surface area contributed by atoms with E-state index in [0.717, 1.165) is 22.9 Å². The zero-order valence-corrected chi connectivity index (χ0v) is 17.9. The number of amides is 1. The lowest BCUT2D eigenvalue weighted by Crippen LogP contribution is -2.37. The number of aromatic nitrogens is 3. The zero-order chi connectivity index (χ0) is 21.8. The number of fused-ring (bicyclic) bond motifs is 1. The summed E-state index contributed by atoms with van der Waals surface area (Å²) in [6.07, 6.45) is 8.26. The minimum absolute atomic E-state index is 0.0605. The van der Waals surface area contributed by atoms with Gasteiger partial charge in [0.25, 0.3) is 5.91 Å². The average Bonchev–Trinajstić information content (AvgIpc) is 3.23. The fraction of sp³-hybridized carbons (Fsp3) is 0.269. The Bertz CT molecular complexity index is 1200. The van der Waals surface area contributed by atoms with Gasteiger partial charge >= 0.3 is 0 Å². The number of hydrogen-bond acceptors (Lipinski definition) is 4. The molecule has 32 heavy (non-hydrogen) atoms. The predicted molar refractivity (Wildman–Crippen MR) is 123 cm³/mol. The Hall–Kier alpha value is -3.51. The van der Waals surface area contributed by atoms with Crippen LogP contribution in [0.15, 0.2) is 79.4 Å². The van der Waals surface area contributed by atoms with Gasteiger partial charge in [-0.2, -0.15) is 5.10 Å². The lowest BCUT2D eigenvalue weighted by Gasteiger charge is -2.25. The van der Waals surface area contributed by atoms with Gasteiger partial charge in [0.15, 0.2) is 0 Å². The number of nitrogens with zero attached hydrogens (tertiary/aromatic N) is 4. The molecule has 1 saturated heterocycles.